The third-order valence-electron chi connectivity index (χ3n) is 2.52. The number of methoxy groups -OCH3 is 1. The summed E-state index contributed by atoms with van der Waals surface area (Å²) in [6.45, 7) is -0.000524. The summed E-state index contributed by atoms with van der Waals surface area (Å²) in [7, 11) is 2.74. The highest BCUT2D eigenvalue weighted by Gasteiger charge is 2.45. The molecular weight excluding hydrogens is 308 g/mol. The Morgan fingerprint density at radius 3 is 2.90 bits per heavy atom. The van der Waals surface area contributed by atoms with Crippen molar-refractivity contribution in [1.29, 1.82) is 0 Å². The Morgan fingerprint density at radius 1 is 1.55 bits per heavy atom. The fourth-order valence-electron chi connectivity index (χ4n) is 1.56. The minimum atomic E-state index is -3.63. The Balaban J connectivity index is 2.13. The van der Waals surface area contributed by atoms with Crippen molar-refractivity contribution in [2.75, 3.05) is 14.2 Å². The van der Waals surface area contributed by atoms with Gasteiger partial charge >= 0.3 is 11.8 Å². The number of carbonyl (C=O) groups is 1. The maximum absolute atomic E-state index is 14.0. The van der Waals surface area contributed by atoms with Gasteiger partial charge in [0.05, 0.1) is 13.7 Å². The van der Waals surface area contributed by atoms with Crippen LogP contribution >= 0.6 is 22.9 Å². The van der Waals surface area contributed by atoms with Crippen LogP contribution in [-0.2, 0) is 17.3 Å². The number of aromatic nitrogens is 2. The van der Waals surface area contributed by atoms with Crippen LogP contribution in [0.1, 0.15) is 10.6 Å². The van der Waals surface area contributed by atoms with E-state index in [4.69, 9.17) is 4.74 Å². The number of carbonyl (C=O) groups excluding carboxylic acids is 1. The molecule has 20 heavy (non-hydrogen) atoms. The summed E-state index contributed by atoms with van der Waals surface area (Å²) in [6.07, 6.45) is 1.24. The van der Waals surface area contributed by atoms with E-state index in [1.54, 1.807) is 5.38 Å². The summed E-state index contributed by atoms with van der Waals surface area (Å²) >= 11 is 1.89. The summed E-state index contributed by atoms with van der Waals surface area (Å²) in [5.74, 6) is -4.59. The van der Waals surface area contributed by atoms with Gasteiger partial charge < -0.3 is 9.64 Å². The molecule has 0 atom stereocenters. The average Bonchev–Trinajstić information content (AvgIpc) is 3.08. The number of likely N-dealkylation sites (N-methyl/N-ethyl adjacent to an activating group) is 1. The van der Waals surface area contributed by atoms with E-state index < -0.39 is 16.8 Å². The van der Waals surface area contributed by atoms with Gasteiger partial charge in [0, 0.05) is 29.6 Å². The number of nitrogens with zero attached hydrogens (tertiary/aromatic N) is 3. The fourth-order valence-corrected chi connectivity index (χ4v) is 2.81. The van der Waals surface area contributed by atoms with Crippen LogP contribution in [0.2, 0.25) is 0 Å². The van der Waals surface area contributed by atoms with Crippen molar-refractivity contribution < 1.29 is 18.3 Å². The van der Waals surface area contributed by atoms with E-state index in [0.29, 0.717) is 11.4 Å². The van der Waals surface area contributed by atoms with Crippen LogP contribution in [0.4, 0.5) is 8.78 Å². The van der Waals surface area contributed by atoms with E-state index in [2.05, 4.69) is 9.36 Å². The average molecular weight is 319 g/mol. The van der Waals surface area contributed by atoms with Crippen LogP contribution in [0.15, 0.2) is 17.0 Å². The number of thiazole rings is 1. The molecule has 0 saturated heterocycles. The first kappa shape index (κ1) is 14.8. The second-order valence-electron chi connectivity index (χ2n) is 3.92. The van der Waals surface area contributed by atoms with E-state index in [0.717, 1.165) is 27.8 Å². The first-order chi connectivity index (χ1) is 9.46. The highest BCUT2D eigenvalue weighted by molar-refractivity contribution is 7.09. The number of amides is 1. The lowest BCUT2D eigenvalue weighted by atomic mass is 10.2. The van der Waals surface area contributed by atoms with Gasteiger partial charge in [0.25, 0.3) is 0 Å². The number of halogens is 2. The van der Waals surface area contributed by atoms with E-state index in [1.807, 2.05) is 0 Å². The van der Waals surface area contributed by atoms with Gasteiger partial charge in [-0.15, -0.1) is 11.3 Å². The van der Waals surface area contributed by atoms with Crippen molar-refractivity contribution >= 4 is 28.8 Å². The van der Waals surface area contributed by atoms with Crippen molar-refractivity contribution in [2.45, 2.75) is 12.5 Å². The lowest BCUT2D eigenvalue weighted by Gasteiger charge is -2.21. The summed E-state index contributed by atoms with van der Waals surface area (Å²) in [5, 5.41) is 2.55. The second kappa shape index (κ2) is 5.80. The fraction of sp³-hybridized carbons (Fsp3) is 0.364. The molecule has 5 nitrogen and oxygen atoms in total. The van der Waals surface area contributed by atoms with Gasteiger partial charge in [0.2, 0.25) is 5.88 Å². The van der Waals surface area contributed by atoms with E-state index in [1.165, 1.54) is 25.7 Å². The number of alkyl halides is 2. The first-order valence-electron chi connectivity index (χ1n) is 5.47. The van der Waals surface area contributed by atoms with Gasteiger partial charge in [-0.05, 0) is 11.5 Å². The van der Waals surface area contributed by atoms with E-state index >= 15 is 0 Å². The molecule has 2 heterocycles. The first-order valence-corrected chi connectivity index (χ1v) is 7.19. The Labute approximate surface area is 122 Å². The third-order valence-corrected chi connectivity index (χ3v) is 4.03. The zero-order chi connectivity index (χ0) is 14.8. The quantitative estimate of drug-likeness (QED) is 0.849. The summed E-state index contributed by atoms with van der Waals surface area (Å²) < 4.78 is 36.8. The minimum absolute atomic E-state index is 0.000524. The van der Waals surface area contributed by atoms with Gasteiger partial charge in [0.15, 0.2) is 5.01 Å². The van der Waals surface area contributed by atoms with Crippen LogP contribution in [0, 0.1) is 0 Å². The molecular formula is C11H11F2N3O2S2. The Kier molecular flexibility index (Phi) is 4.29. The molecule has 0 aliphatic heterocycles. The summed E-state index contributed by atoms with van der Waals surface area (Å²) in [6, 6.07) is 0. The molecule has 2 aromatic heterocycles. The predicted octanol–water partition coefficient (Wildman–Crippen LogP) is 2.36. The molecule has 9 heteroatoms. The van der Waals surface area contributed by atoms with Gasteiger partial charge in [-0.2, -0.15) is 13.2 Å². The maximum Gasteiger partial charge on any atom is 0.375 e. The normalized spacial score (nSPS) is 11.4. The third kappa shape index (κ3) is 2.78. The molecule has 0 aliphatic carbocycles. The monoisotopic (exact) mass is 319 g/mol. The zero-order valence-electron chi connectivity index (χ0n) is 10.7. The molecule has 0 bridgehead atoms. The molecule has 2 aromatic rings. The van der Waals surface area contributed by atoms with Gasteiger partial charge in [-0.25, -0.2) is 4.98 Å². The van der Waals surface area contributed by atoms with Crippen LogP contribution in [0.3, 0.4) is 0 Å². The molecule has 0 N–H and O–H groups in total. The standard InChI is InChI=1S/C11H11F2N3O2S2/c1-16(5-7-6-20-15-8(7)18-2)10(17)11(12,13)9-14-3-4-19-9/h3-4,6H,5H2,1-2H3. The number of hydrogen-bond donors (Lipinski definition) is 0. The van der Waals surface area contributed by atoms with Gasteiger partial charge in [0.1, 0.15) is 0 Å². The van der Waals surface area contributed by atoms with Crippen molar-refractivity contribution in [3.05, 3.63) is 27.5 Å². The summed E-state index contributed by atoms with van der Waals surface area (Å²) in [5.41, 5.74) is 0.586. The highest BCUT2D eigenvalue weighted by Crippen LogP contribution is 2.32. The summed E-state index contributed by atoms with van der Waals surface area (Å²) in [4.78, 5) is 16.3. The second-order valence-corrected chi connectivity index (χ2v) is 5.45. The van der Waals surface area contributed by atoms with Gasteiger partial charge in [-0.1, -0.05) is 0 Å². The lowest BCUT2D eigenvalue weighted by Crippen LogP contribution is -2.39. The predicted molar refractivity (Wildman–Crippen MR) is 71.1 cm³/mol. The SMILES string of the molecule is COc1nscc1CN(C)C(=O)C(F)(F)c1nccs1. The number of rotatable bonds is 5. The van der Waals surface area contributed by atoms with Crippen LogP contribution in [0.25, 0.3) is 0 Å². The smallest absolute Gasteiger partial charge is 0.375 e. The molecule has 0 spiro atoms. The number of ether oxygens (including phenoxy) is 1. The van der Waals surface area contributed by atoms with E-state index in [-0.39, 0.29) is 6.54 Å². The molecule has 0 saturated carbocycles. The zero-order valence-corrected chi connectivity index (χ0v) is 12.3. The van der Waals surface area contributed by atoms with Crippen LogP contribution < -0.4 is 4.74 Å². The molecule has 0 radical (unpaired) electrons. The molecule has 1 amide bonds. The van der Waals surface area contributed by atoms with Crippen molar-refractivity contribution in [2.24, 2.45) is 0 Å². The molecule has 0 aliphatic rings. The van der Waals surface area contributed by atoms with E-state index in [9.17, 15) is 13.6 Å². The van der Waals surface area contributed by atoms with Crippen LogP contribution in [0.5, 0.6) is 5.88 Å². The minimum Gasteiger partial charge on any atom is -0.480 e. The number of hydrogen-bond acceptors (Lipinski definition) is 6. The van der Waals surface area contributed by atoms with Crippen LogP contribution in [-0.4, -0.2) is 34.3 Å². The molecule has 0 fully saturated rings. The lowest BCUT2D eigenvalue weighted by molar-refractivity contribution is -0.158. The Hall–Kier alpha value is -1.61. The topological polar surface area (TPSA) is 55.3 Å². The largest absolute Gasteiger partial charge is 0.480 e. The Bertz CT molecular complexity index is 586. The van der Waals surface area contributed by atoms with Crippen molar-refractivity contribution in [3.63, 3.8) is 0 Å². The molecule has 0 aromatic carbocycles. The molecule has 2 rings (SSSR count). The Morgan fingerprint density at radius 2 is 2.30 bits per heavy atom. The van der Waals surface area contributed by atoms with Gasteiger partial charge in [-0.3, -0.25) is 4.79 Å². The molecule has 108 valence electrons. The van der Waals surface area contributed by atoms with Crippen molar-refractivity contribution in [1.82, 2.24) is 14.3 Å². The maximum atomic E-state index is 14.0. The molecule has 0 unspecified atom stereocenters. The highest BCUT2D eigenvalue weighted by atomic mass is 32.1. The van der Waals surface area contributed by atoms with Crippen molar-refractivity contribution in [3.8, 4) is 5.88 Å².